The number of aromatic nitrogens is 1. The number of hydrogen-bond donors (Lipinski definition) is 2. The molecule has 2 aliphatic heterocycles. The van der Waals surface area contributed by atoms with Crippen molar-refractivity contribution in [1.82, 2.24) is 14.8 Å². The molecule has 2 fully saturated rings. The molecule has 11 heteroatoms. The van der Waals surface area contributed by atoms with E-state index >= 15 is 0 Å². The van der Waals surface area contributed by atoms with Crippen molar-refractivity contribution in [3.63, 3.8) is 0 Å². The molecule has 2 aromatic rings. The molecule has 2 amide bonds. The van der Waals surface area contributed by atoms with Gasteiger partial charge in [-0.25, -0.2) is 8.78 Å². The van der Waals surface area contributed by atoms with E-state index in [0.717, 1.165) is 18.6 Å². The van der Waals surface area contributed by atoms with E-state index in [0.29, 0.717) is 19.4 Å². The lowest BCUT2D eigenvalue weighted by Gasteiger charge is -2.44. The van der Waals surface area contributed by atoms with Crippen LogP contribution in [0.2, 0.25) is 5.02 Å². The van der Waals surface area contributed by atoms with E-state index in [1.165, 1.54) is 10.8 Å². The number of carbonyl (C=O) groups excluding carboxylic acids is 2. The average molecular weight is 480 g/mol. The Labute approximate surface area is 191 Å². The third-order valence-corrected chi connectivity index (χ3v) is 6.97. The molecule has 1 aromatic carbocycles. The molecule has 1 saturated carbocycles. The van der Waals surface area contributed by atoms with Crippen molar-refractivity contribution in [2.45, 2.75) is 50.6 Å². The summed E-state index contributed by atoms with van der Waals surface area (Å²) in [6.07, 6.45) is 3.04. The molecule has 3 heterocycles. The Hall–Kier alpha value is -2.98. The molecule has 1 aromatic heterocycles. The van der Waals surface area contributed by atoms with E-state index in [4.69, 9.17) is 16.3 Å². The fourth-order valence-corrected chi connectivity index (χ4v) is 5.39. The Morgan fingerprint density at radius 2 is 2.12 bits per heavy atom. The van der Waals surface area contributed by atoms with Crippen LogP contribution in [0.25, 0.3) is 0 Å². The van der Waals surface area contributed by atoms with Crippen molar-refractivity contribution in [3.8, 4) is 5.75 Å². The van der Waals surface area contributed by atoms with Gasteiger partial charge in [-0.3, -0.25) is 14.4 Å². The van der Waals surface area contributed by atoms with E-state index in [9.17, 15) is 28.3 Å². The Kier molecular flexibility index (Phi) is 4.98. The maximum Gasteiger partial charge on any atom is 0.276 e. The van der Waals surface area contributed by atoms with Crippen molar-refractivity contribution >= 4 is 23.4 Å². The third kappa shape index (κ3) is 3.07. The number of carbonyl (C=O) groups is 2. The predicted molar refractivity (Wildman–Crippen MR) is 112 cm³/mol. The van der Waals surface area contributed by atoms with Crippen LogP contribution in [0.3, 0.4) is 0 Å². The number of hydrogen-bond acceptors (Lipinski definition) is 5. The van der Waals surface area contributed by atoms with Gasteiger partial charge in [-0.1, -0.05) is 17.7 Å². The number of rotatable bonds is 3. The molecule has 0 unspecified atom stereocenters. The topological polar surface area (TPSA) is 101 Å². The SMILES string of the molecule is C[C@@H]1CN2C(=O)c3c(O)c(=O)c(C(=O)NCc4ccc(F)c(Cl)c4F)cn3[C@H]3CCC[C@]32O1. The second-order valence-corrected chi connectivity index (χ2v) is 8.97. The van der Waals surface area contributed by atoms with Crippen LogP contribution in [0.15, 0.2) is 23.1 Å². The highest BCUT2D eigenvalue weighted by Crippen LogP contribution is 2.52. The molecule has 8 nitrogen and oxygen atoms in total. The first kappa shape index (κ1) is 21.8. The van der Waals surface area contributed by atoms with E-state index < -0.39 is 50.9 Å². The van der Waals surface area contributed by atoms with Gasteiger partial charge in [0.25, 0.3) is 11.8 Å². The summed E-state index contributed by atoms with van der Waals surface area (Å²) >= 11 is 5.56. The van der Waals surface area contributed by atoms with Crippen LogP contribution in [0.1, 0.15) is 58.6 Å². The summed E-state index contributed by atoms with van der Waals surface area (Å²) in [4.78, 5) is 40.3. The van der Waals surface area contributed by atoms with Crippen LogP contribution in [0, 0.1) is 11.6 Å². The molecule has 0 bridgehead atoms. The first-order valence-electron chi connectivity index (χ1n) is 10.5. The largest absolute Gasteiger partial charge is 0.503 e. The Bertz CT molecular complexity index is 1270. The number of pyridine rings is 1. The number of benzene rings is 1. The number of amides is 2. The first-order valence-corrected chi connectivity index (χ1v) is 10.9. The summed E-state index contributed by atoms with van der Waals surface area (Å²) in [5.74, 6) is -4.18. The molecule has 5 rings (SSSR count). The molecule has 1 aliphatic carbocycles. The molecule has 33 heavy (non-hydrogen) atoms. The van der Waals surface area contributed by atoms with Gasteiger partial charge in [-0.15, -0.1) is 0 Å². The van der Waals surface area contributed by atoms with Crippen LogP contribution >= 0.6 is 11.6 Å². The molecular formula is C22H20ClF2N3O5. The van der Waals surface area contributed by atoms with E-state index in [1.54, 1.807) is 4.90 Å². The Morgan fingerprint density at radius 3 is 2.88 bits per heavy atom. The average Bonchev–Trinajstić information content (AvgIpc) is 3.35. The maximum atomic E-state index is 14.1. The number of halogens is 3. The monoisotopic (exact) mass is 479 g/mol. The highest BCUT2D eigenvalue weighted by Gasteiger charge is 2.60. The molecule has 1 spiro atoms. The standard InChI is InChI=1S/C22H20ClF2N3O5/c1-10-8-28-21(32)17-19(30)18(29)12(9-27(17)14-3-2-6-22(14,28)33-10)20(31)26-7-11-4-5-13(24)15(23)16(11)25/h4-5,9-10,14,30H,2-3,6-8H2,1H3,(H,26,31)/t10-,14+,22+/m1/s1. The first-order chi connectivity index (χ1) is 15.7. The summed E-state index contributed by atoms with van der Waals surface area (Å²) in [5.41, 5.74) is -2.55. The Morgan fingerprint density at radius 1 is 1.36 bits per heavy atom. The number of fused-ring (bicyclic) bond motifs is 2. The second kappa shape index (κ2) is 7.53. The van der Waals surface area contributed by atoms with Gasteiger partial charge in [0.2, 0.25) is 5.43 Å². The van der Waals surface area contributed by atoms with Gasteiger partial charge >= 0.3 is 0 Å². The minimum Gasteiger partial charge on any atom is -0.503 e. The molecule has 1 saturated heterocycles. The van der Waals surface area contributed by atoms with Crippen molar-refractivity contribution in [2.75, 3.05) is 6.54 Å². The molecule has 174 valence electrons. The smallest absolute Gasteiger partial charge is 0.276 e. The van der Waals surface area contributed by atoms with Gasteiger partial charge in [0.1, 0.15) is 22.2 Å². The number of nitrogens with zero attached hydrogens (tertiary/aromatic N) is 2. The van der Waals surface area contributed by atoms with Crippen LogP contribution < -0.4 is 10.7 Å². The predicted octanol–water partition coefficient (Wildman–Crippen LogP) is 2.71. The lowest BCUT2D eigenvalue weighted by atomic mass is 9.99. The molecule has 3 atom stereocenters. The fraction of sp³-hybridized carbons (Fsp3) is 0.409. The summed E-state index contributed by atoms with van der Waals surface area (Å²) in [6, 6.07) is 1.72. The zero-order valence-corrected chi connectivity index (χ0v) is 18.3. The van der Waals surface area contributed by atoms with E-state index in [-0.39, 0.29) is 29.9 Å². The minimum absolute atomic E-state index is 0.0778. The van der Waals surface area contributed by atoms with Crippen molar-refractivity contribution in [1.29, 1.82) is 0 Å². The molecular weight excluding hydrogens is 460 g/mol. The minimum atomic E-state index is -1.02. The third-order valence-electron chi connectivity index (χ3n) is 6.63. The molecule has 0 radical (unpaired) electrons. The fourth-order valence-electron chi connectivity index (χ4n) is 5.21. The highest BCUT2D eigenvalue weighted by atomic mass is 35.5. The van der Waals surface area contributed by atoms with Crippen LogP contribution in [-0.4, -0.2) is 44.8 Å². The molecule has 3 aliphatic rings. The second-order valence-electron chi connectivity index (χ2n) is 8.59. The van der Waals surface area contributed by atoms with Gasteiger partial charge in [0.05, 0.1) is 12.1 Å². The van der Waals surface area contributed by atoms with Gasteiger partial charge in [0, 0.05) is 24.8 Å². The van der Waals surface area contributed by atoms with Crippen LogP contribution in [-0.2, 0) is 11.3 Å². The Balaban J connectivity index is 1.51. The lowest BCUT2D eigenvalue weighted by Crippen LogP contribution is -2.56. The van der Waals surface area contributed by atoms with Crippen molar-refractivity contribution in [2.24, 2.45) is 0 Å². The quantitative estimate of drug-likeness (QED) is 0.659. The van der Waals surface area contributed by atoms with Gasteiger partial charge < -0.3 is 24.6 Å². The van der Waals surface area contributed by atoms with Gasteiger partial charge in [0.15, 0.2) is 17.2 Å². The van der Waals surface area contributed by atoms with E-state index in [2.05, 4.69) is 5.32 Å². The van der Waals surface area contributed by atoms with E-state index in [1.807, 2.05) is 6.92 Å². The van der Waals surface area contributed by atoms with Crippen molar-refractivity contribution in [3.05, 3.63) is 62.0 Å². The van der Waals surface area contributed by atoms with Gasteiger partial charge in [-0.2, -0.15) is 0 Å². The number of nitrogens with one attached hydrogen (secondary N) is 1. The zero-order chi connectivity index (χ0) is 23.7. The summed E-state index contributed by atoms with van der Waals surface area (Å²) in [5, 5.41) is 12.3. The molecule has 2 N–H and O–H groups in total. The summed E-state index contributed by atoms with van der Waals surface area (Å²) in [6.45, 7) is 1.83. The number of aromatic hydroxyl groups is 1. The van der Waals surface area contributed by atoms with Crippen molar-refractivity contribution < 1.29 is 28.2 Å². The number of ether oxygens (including phenoxy) is 1. The zero-order valence-electron chi connectivity index (χ0n) is 17.5. The van der Waals surface area contributed by atoms with Crippen LogP contribution in [0.5, 0.6) is 5.75 Å². The van der Waals surface area contributed by atoms with Crippen LogP contribution in [0.4, 0.5) is 8.78 Å². The normalized spacial score (nSPS) is 25.6. The highest BCUT2D eigenvalue weighted by molar-refractivity contribution is 6.30. The van der Waals surface area contributed by atoms with Gasteiger partial charge in [-0.05, 0) is 32.3 Å². The summed E-state index contributed by atoms with van der Waals surface area (Å²) in [7, 11) is 0. The lowest BCUT2D eigenvalue weighted by molar-refractivity contribution is -0.116. The maximum absolute atomic E-state index is 14.1. The summed E-state index contributed by atoms with van der Waals surface area (Å²) < 4.78 is 35.1.